The molecule has 28 heavy (non-hydrogen) atoms. The van der Waals surface area contributed by atoms with Crippen molar-refractivity contribution in [3.63, 3.8) is 0 Å². The molecule has 2 aromatic rings. The van der Waals surface area contributed by atoms with Crippen LogP contribution in [-0.4, -0.2) is 38.0 Å². The molecule has 0 spiro atoms. The standard InChI is InChI=1S/C19H20NO7P/c1-24-13-9-12(10-14(11-13)25-2)15(7-8-20)16-5-6-17(26-3)19(18(16)21)27-28(4,22)23/h5-7,9-11,21H,1-4H3,(H,22,23)/b15-7-. The molecule has 0 bridgehead atoms. The molecule has 1 unspecified atom stereocenters. The van der Waals surface area contributed by atoms with Gasteiger partial charge in [-0.05, 0) is 29.8 Å². The summed E-state index contributed by atoms with van der Waals surface area (Å²) in [6.07, 6.45) is 1.23. The Bertz CT molecular complexity index is 966. The van der Waals surface area contributed by atoms with Crippen molar-refractivity contribution < 1.29 is 33.3 Å². The summed E-state index contributed by atoms with van der Waals surface area (Å²) in [6.45, 7) is 0.984. The summed E-state index contributed by atoms with van der Waals surface area (Å²) in [5.41, 5.74) is 1.04. The number of hydrogen-bond donors (Lipinski definition) is 2. The van der Waals surface area contributed by atoms with Crippen LogP contribution < -0.4 is 18.7 Å². The van der Waals surface area contributed by atoms with Crippen molar-refractivity contribution in [1.29, 1.82) is 5.26 Å². The Morgan fingerprint density at radius 1 is 1.11 bits per heavy atom. The monoisotopic (exact) mass is 405 g/mol. The van der Waals surface area contributed by atoms with Gasteiger partial charge < -0.3 is 28.7 Å². The minimum Gasteiger partial charge on any atom is -0.504 e. The first-order valence-electron chi connectivity index (χ1n) is 7.97. The zero-order valence-corrected chi connectivity index (χ0v) is 16.7. The van der Waals surface area contributed by atoms with Gasteiger partial charge in [0.2, 0.25) is 5.75 Å². The van der Waals surface area contributed by atoms with Gasteiger partial charge in [0.05, 0.1) is 27.4 Å². The molecule has 0 aliphatic rings. The van der Waals surface area contributed by atoms with Crippen molar-refractivity contribution in [2.45, 2.75) is 0 Å². The van der Waals surface area contributed by atoms with Gasteiger partial charge >= 0.3 is 7.60 Å². The second-order valence-electron chi connectivity index (χ2n) is 5.68. The number of allylic oxidation sites excluding steroid dienone is 1. The van der Waals surface area contributed by atoms with Gasteiger partial charge in [0.1, 0.15) is 11.5 Å². The van der Waals surface area contributed by atoms with Gasteiger partial charge in [-0.1, -0.05) is 0 Å². The molecule has 0 fully saturated rings. The van der Waals surface area contributed by atoms with Crippen molar-refractivity contribution >= 4 is 13.2 Å². The summed E-state index contributed by atoms with van der Waals surface area (Å²) >= 11 is 0. The summed E-state index contributed by atoms with van der Waals surface area (Å²) in [5.74, 6) is 0.287. The first kappa shape index (κ1) is 21.2. The van der Waals surface area contributed by atoms with Gasteiger partial charge in [0, 0.05) is 29.9 Å². The predicted molar refractivity (Wildman–Crippen MR) is 103 cm³/mol. The zero-order valence-electron chi connectivity index (χ0n) is 15.8. The predicted octanol–water partition coefficient (Wildman–Crippen LogP) is 3.57. The molecule has 2 rings (SSSR count). The Kier molecular flexibility index (Phi) is 6.57. The van der Waals surface area contributed by atoms with Gasteiger partial charge in [-0.25, -0.2) is 4.57 Å². The van der Waals surface area contributed by atoms with Crippen LogP contribution in [0.4, 0.5) is 0 Å². The van der Waals surface area contributed by atoms with Crippen LogP contribution in [0.2, 0.25) is 0 Å². The minimum absolute atomic E-state index is 0.0666. The van der Waals surface area contributed by atoms with Crippen LogP contribution in [0.15, 0.2) is 36.4 Å². The highest BCUT2D eigenvalue weighted by Gasteiger charge is 2.24. The molecule has 0 heterocycles. The first-order chi connectivity index (χ1) is 13.2. The maximum atomic E-state index is 11.7. The fraction of sp³-hybridized carbons (Fsp3) is 0.211. The number of nitriles is 1. The van der Waals surface area contributed by atoms with Crippen molar-refractivity contribution in [2.24, 2.45) is 0 Å². The first-order valence-corrected chi connectivity index (χ1v) is 10.00. The third-order valence-corrected chi connectivity index (χ3v) is 4.26. The lowest BCUT2D eigenvalue weighted by Crippen LogP contribution is -1.98. The number of nitrogens with zero attached hydrogens (tertiary/aromatic N) is 1. The third kappa shape index (κ3) is 4.77. The van der Waals surface area contributed by atoms with E-state index in [1.54, 1.807) is 18.2 Å². The van der Waals surface area contributed by atoms with E-state index in [-0.39, 0.29) is 17.1 Å². The molecule has 8 nitrogen and oxygen atoms in total. The van der Waals surface area contributed by atoms with E-state index in [1.807, 2.05) is 6.07 Å². The average molecular weight is 405 g/mol. The van der Waals surface area contributed by atoms with E-state index in [9.17, 15) is 19.8 Å². The van der Waals surface area contributed by atoms with Crippen molar-refractivity contribution in [1.82, 2.24) is 0 Å². The van der Waals surface area contributed by atoms with Crippen molar-refractivity contribution in [3.8, 4) is 34.8 Å². The van der Waals surface area contributed by atoms with Crippen LogP contribution >= 0.6 is 7.60 Å². The van der Waals surface area contributed by atoms with E-state index in [2.05, 4.69) is 0 Å². The highest BCUT2D eigenvalue weighted by atomic mass is 31.2. The van der Waals surface area contributed by atoms with Gasteiger partial charge in [-0.3, -0.25) is 0 Å². The molecule has 148 valence electrons. The molecule has 0 amide bonds. The molecule has 2 aromatic carbocycles. The van der Waals surface area contributed by atoms with Crippen molar-refractivity contribution in [2.75, 3.05) is 28.0 Å². The molecule has 0 aliphatic heterocycles. The molecule has 1 atom stereocenters. The second-order valence-corrected chi connectivity index (χ2v) is 7.46. The Labute approximate surface area is 162 Å². The molecule has 0 aromatic heterocycles. The minimum atomic E-state index is -3.98. The van der Waals surface area contributed by atoms with E-state index < -0.39 is 13.3 Å². The molecule has 0 saturated heterocycles. The summed E-state index contributed by atoms with van der Waals surface area (Å²) in [7, 11) is 0.328. The largest absolute Gasteiger partial charge is 0.504 e. The summed E-state index contributed by atoms with van der Waals surface area (Å²) in [5, 5.41) is 20.0. The quantitative estimate of drug-likeness (QED) is 0.530. The third-order valence-electron chi connectivity index (χ3n) is 3.74. The number of rotatable bonds is 7. The van der Waals surface area contributed by atoms with Crippen LogP contribution in [0, 0.1) is 11.3 Å². The molecular formula is C19H20NO7P. The SMILES string of the molecule is COc1cc(OC)cc(/C(=C/C#N)c2ccc(OC)c(OP(C)(=O)O)c2O)c1. The smallest absolute Gasteiger partial charge is 0.373 e. The van der Waals surface area contributed by atoms with E-state index in [4.69, 9.17) is 18.7 Å². The van der Waals surface area contributed by atoms with Gasteiger partial charge in [0.25, 0.3) is 0 Å². The number of phenolic OH excluding ortho intramolecular Hbond substituents is 1. The number of benzene rings is 2. The highest BCUT2D eigenvalue weighted by Crippen LogP contribution is 2.50. The Balaban J connectivity index is 2.72. The molecule has 9 heteroatoms. The van der Waals surface area contributed by atoms with E-state index in [0.717, 1.165) is 6.66 Å². The zero-order chi connectivity index (χ0) is 20.9. The van der Waals surface area contributed by atoms with Gasteiger partial charge in [-0.15, -0.1) is 0 Å². The molecular weight excluding hydrogens is 385 g/mol. The molecule has 0 radical (unpaired) electrons. The summed E-state index contributed by atoms with van der Waals surface area (Å²) in [4.78, 5) is 9.57. The maximum Gasteiger partial charge on any atom is 0.373 e. The highest BCUT2D eigenvalue weighted by molar-refractivity contribution is 7.52. The van der Waals surface area contributed by atoms with Crippen LogP contribution in [0.5, 0.6) is 28.7 Å². The lowest BCUT2D eigenvalue weighted by atomic mass is 9.96. The van der Waals surface area contributed by atoms with E-state index in [1.165, 1.54) is 39.5 Å². The summed E-state index contributed by atoms with van der Waals surface area (Å²) < 4.78 is 32.3. The fourth-order valence-electron chi connectivity index (χ4n) is 2.53. The topological polar surface area (TPSA) is 118 Å². The van der Waals surface area contributed by atoms with Crippen LogP contribution in [-0.2, 0) is 4.57 Å². The second kappa shape index (κ2) is 8.70. The molecule has 2 N–H and O–H groups in total. The van der Waals surface area contributed by atoms with E-state index in [0.29, 0.717) is 22.6 Å². The fourth-order valence-corrected chi connectivity index (χ4v) is 3.05. The lowest BCUT2D eigenvalue weighted by Gasteiger charge is -2.18. The lowest BCUT2D eigenvalue weighted by molar-refractivity contribution is 0.344. The number of methoxy groups -OCH3 is 3. The van der Waals surface area contributed by atoms with Crippen molar-refractivity contribution in [3.05, 3.63) is 47.5 Å². The number of aromatic hydroxyl groups is 1. The Morgan fingerprint density at radius 2 is 1.71 bits per heavy atom. The molecule has 0 aliphatic carbocycles. The summed E-state index contributed by atoms with van der Waals surface area (Å²) in [6, 6.07) is 9.88. The maximum absolute atomic E-state index is 11.7. The molecule has 0 saturated carbocycles. The van der Waals surface area contributed by atoms with Crippen LogP contribution in [0.25, 0.3) is 5.57 Å². The van der Waals surface area contributed by atoms with Crippen LogP contribution in [0.3, 0.4) is 0 Å². The number of phenols is 1. The average Bonchev–Trinajstić information content (AvgIpc) is 2.66. The van der Waals surface area contributed by atoms with Gasteiger partial charge in [0.15, 0.2) is 11.5 Å². The Hall–Kier alpha value is -3.14. The Morgan fingerprint density at radius 3 is 2.18 bits per heavy atom. The normalized spacial score (nSPS) is 13.2. The number of hydrogen-bond acceptors (Lipinski definition) is 7. The van der Waals surface area contributed by atoms with Gasteiger partial charge in [-0.2, -0.15) is 5.26 Å². The van der Waals surface area contributed by atoms with Crippen LogP contribution in [0.1, 0.15) is 11.1 Å². The number of ether oxygens (including phenoxy) is 3. The van der Waals surface area contributed by atoms with E-state index >= 15 is 0 Å².